The van der Waals surface area contributed by atoms with E-state index < -0.39 is 0 Å². The van der Waals surface area contributed by atoms with Crippen LogP contribution in [0.25, 0.3) is 0 Å². The Labute approximate surface area is 131 Å². The van der Waals surface area contributed by atoms with Gasteiger partial charge in [-0.25, -0.2) is 0 Å². The minimum Gasteiger partial charge on any atom is -0.349 e. The first-order valence-electron chi connectivity index (χ1n) is 6.22. The average molecular weight is 354 g/mol. The highest BCUT2D eigenvalue weighted by atomic mass is 79.9. The first-order valence-corrected chi connectivity index (χ1v) is 7.51. The van der Waals surface area contributed by atoms with Crippen molar-refractivity contribution in [1.29, 1.82) is 0 Å². The lowest BCUT2D eigenvalue weighted by Gasteiger charge is -2.11. The molecule has 2 rings (SSSR count). The van der Waals surface area contributed by atoms with E-state index in [9.17, 15) is 4.79 Å². The number of halogens is 2. The Kier molecular flexibility index (Phi) is 5.56. The Morgan fingerprint density at radius 2 is 2.00 bits per heavy atom. The van der Waals surface area contributed by atoms with Crippen LogP contribution in [0.5, 0.6) is 0 Å². The molecule has 20 heavy (non-hydrogen) atoms. The van der Waals surface area contributed by atoms with Crippen molar-refractivity contribution in [2.75, 3.05) is 0 Å². The second-order valence-corrected chi connectivity index (χ2v) is 5.81. The Bertz CT molecular complexity index is 577. The normalized spacial score (nSPS) is 11.9. The van der Waals surface area contributed by atoms with Gasteiger partial charge in [0.25, 0.3) is 0 Å². The summed E-state index contributed by atoms with van der Waals surface area (Å²) in [4.78, 5) is 15.8. The number of carbonyl (C=O) groups excluding carboxylic acids is 1. The van der Waals surface area contributed by atoms with Crippen molar-refractivity contribution >= 4 is 33.4 Å². The molecule has 104 valence electrons. The number of rotatable bonds is 5. The van der Waals surface area contributed by atoms with Gasteiger partial charge in [-0.2, -0.15) is 0 Å². The predicted octanol–water partition coefficient (Wildman–Crippen LogP) is 3.36. The van der Waals surface area contributed by atoms with Gasteiger partial charge < -0.3 is 5.32 Å². The molecule has 1 unspecified atom stereocenters. The smallest absolute Gasteiger partial charge is 0.234 e. The highest BCUT2D eigenvalue weighted by Gasteiger charge is 2.16. The number of alkyl halides is 1. The number of amides is 1. The second-order valence-electron chi connectivity index (χ2n) is 4.30. The fourth-order valence-electron chi connectivity index (χ4n) is 1.74. The maximum Gasteiger partial charge on any atom is 0.234 e. The lowest BCUT2D eigenvalue weighted by atomic mass is 10.1. The third kappa shape index (κ3) is 4.32. The summed E-state index contributed by atoms with van der Waals surface area (Å²) in [5.74, 6) is -0.0735. The molecule has 1 amide bonds. The van der Waals surface area contributed by atoms with Crippen LogP contribution in [0.15, 0.2) is 48.7 Å². The van der Waals surface area contributed by atoms with Crippen LogP contribution < -0.4 is 5.32 Å². The molecule has 0 saturated carbocycles. The van der Waals surface area contributed by atoms with Crippen molar-refractivity contribution in [3.8, 4) is 0 Å². The third-order valence-electron chi connectivity index (χ3n) is 2.81. The molecule has 0 spiro atoms. The Balaban J connectivity index is 1.88. The van der Waals surface area contributed by atoms with Crippen LogP contribution in [0, 0.1) is 0 Å². The molecule has 0 aliphatic heterocycles. The molecule has 3 nitrogen and oxygen atoms in total. The van der Waals surface area contributed by atoms with Gasteiger partial charge in [-0.1, -0.05) is 51.8 Å². The SMILES string of the molecule is O=C(NCc1ccccn1)C(Br)Cc1ccccc1Cl. The fraction of sp³-hybridized carbons (Fsp3) is 0.200. The lowest BCUT2D eigenvalue weighted by Crippen LogP contribution is -2.32. The number of carbonyl (C=O) groups is 1. The third-order valence-corrected chi connectivity index (χ3v) is 3.92. The summed E-state index contributed by atoms with van der Waals surface area (Å²) in [6.45, 7) is 0.421. The second kappa shape index (κ2) is 7.41. The van der Waals surface area contributed by atoms with E-state index in [1.807, 2.05) is 42.5 Å². The number of pyridine rings is 1. The number of hydrogen-bond donors (Lipinski definition) is 1. The van der Waals surface area contributed by atoms with Gasteiger partial charge in [-0.3, -0.25) is 9.78 Å². The summed E-state index contributed by atoms with van der Waals surface area (Å²) < 4.78 is 0. The van der Waals surface area contributed by atoms with Gasteiger partial charge in [0.15, 0.2) is 0 Å². The fourth-order valence-corrected chi connectivity index (χ4v) is 2.46. The highest BCUT2D eigenvalue weighted by Crippen LogP contribution is 2.19. The number of aromatic nitrogens is 1. The van der Waals surface area contributed by atoms with Crippen molar-refractivity contribution in [3.05, 3.63) is 64.9 Å². The van der Waals surface area contributed by atoms with E-state index in [2.05, 4.69) is 26.2 Å². The van der Waals surface area contributed by atoms with E-state index in [4.69, 9.17) is 11.6 Å². The molecule has 1 heterocycles. The lowest BCUT2D eigenvalue weighted by molar-refractivity contribution is -0.120. The van der Waals surface area contributed by atoms with Gasteiger partial charge in [0.1, 0.15) is 0 Å². The highest BCUT2D eigenvalue weighted by molar-refractivity contribution is 9.10. The molecular weight excluding hydrogens is 340 g/mol. The topological polar surface area (TPSA) is 42.0 Å². The zero-order valence-electron chi connectivity index (χ0n) is 10.7. The summed E-state index contributed by atoms with van der Waals surface area (Å²) in [6, 6.07) is 13.1. The first kappa shape index (κ1) is 15.0. The molecule has 5 heteroatoms. The molecule has 0 aliphatic carbocycles. The molecule has 1 aromatic heterocycles. The molecule has 0 aliphatic rings. The Morgan fingerprint density at radius 3 is 2.70 bits per heavy atom. The quantitative estimate of drug-likeness (QED) is 0.838. The number of hydrogen-bond acceptors (Lipinski definition) is 2. The van der Waals surface area contributed by atoms with Crippen LogP contribution in [-0.2, 0) is 17.8 Å². The Hall–Kier alpha value is -1.39. The molecular formula is C15H14BrClN2O. The monoisotopic (exact) mass is 352 g/mol. The van der Waals surface area contributed by atoms with Gasteiger partial charge >= 0.3 is 0 Å². The summed E-state index contributed by atoms with van der Waals surface area (Å²) >= 11 is 9.48. The number of nitrogens with one attached hydrogen (secondary N) is 1. The van der Waals surface area contributed by atoms with Crippen molar-refractivity contribution in [1.82, 2.24) is 10.3 Å². The molecule has 1 atom stereocenters. The van der Waals surface area contributed by atoms with E-state index in [0.717, 1.165) is 11.3 Å². The summed E-state index contributed by atoms with van der Waals surface area (Å²) in [7, 11) is 0. The summed E-state index contributed by atoms with van der Waals surface area (Å²) in [5, 5.41) is 3.52. The summed E-state index contributed by atoms with van der Waals surface area (Å²) in [5.41, 5.74) is 1.78. The predicted molar refractivity (Wildman–Crippen MR) is 84.0 cm³/mol. The molecule has 0 bridgehead atoms. The zero-order chi connectivity index (χ0) is 14.4. The van der Waals surface area contributed by atoms with Crippen LogP contribution >= 0.6 is 27.5 Å². The van der Waals surface area contributed by atoms with E-state index in [1.54, 1.807) is 6.20 Å². The van der Waals surface area contributed by atoms with Crippen LogP contribution in [0.1, 0.15) is 11.3 Å². The molecule has 1 aromatic carbocycles. The molecule has 2 aromatic rings. The molecule has 0 fully saturated rings. The van der Waals surface area contributed by atoms with Crippen molar-refractivity contribution in [2.24, 2.45) is 0 Å². The van der Waals surface area contributed by atoms with Crippen LogP contribution in [0.3, 0.4) is 0 Å². The van der Waals surface area contributed by atoms with Gasteiger partial charge in [-0.05, 0) is 30.2 Å². The minimum atomic E-state index is -0.314. The summed E-state index contributed by atoms with van der Waals surface area (Å²) in [6.07, 6.45) is 2.25. The molecule has 0 radical (unpaired) electrons. The van der Waals surface area contributed by atoms with E-state index in [-0.39, 0.29) is 10.7 Å². The molecule has 1 N–H and O–H groups in total. The average Bonchev–Trinajstić information content (AvgIpc) is 2.48. The van der Waals surface area contributed by atoms with E-state index in [1.165, 1.54) is 0 Å². The van der Waals surface area contributed by atoms with Gasteiger partial charge in [0.05, 0.1) is 17.1 Å². The maximum absolute atomic E-state index is 12.0. The number of benzene rings is 1. The number of nitrogens with zero attached hydrogens (tertiary/aromatic N) is 1. The first-order chi connectivity index (χ1) is 9.66. The molecule has 0 saturated heterocycles. The zero-order valence-corrected chi connectivity index (χ0v) is 13.1. The van der Waals surface area contributed by atoms with Crippen molar-refractivity contribution in [3.63, 3.8) is 0 Å². The standard InChI is InChI=1S/C15H14BrClN2O/c16-13(9-11-5-1-2-7-14(11)17)15(20)19-10-12-6-3-4-8-18-12/h1-8,13H,9-10H2,(H,19,20). The maximum atomic E-state index is 12.0. The van der Waals surface area contributed by atoms with E-state index >= 15 is 0 Å². The largest absolute Gasteiger partial charge is 0.349 e. The van der Waals surface area contributed by atoms with Crippen molar-refractivity contribution in [2.45, 2.75) is 17.8 Å². The minimum absolute atomic E-state index is 0.0735. The van der Waals surface area contributed by atoms with Crippen LogP contribution in [0.4, 0.5) is 0 Å². The van der Waals surface area contributed by atoms with Crippen LogP contribution in [0.2, 0.25) is 5.02 Å². The van der Waals surface area contributed by atoms with Crippen molar-refractivity contribution < 1.29 is 4.79 Å². The van der Waals surface area contributed by atoms with Gasteiger partial charge in [0, 0.05) is 11.2 Å². The van der Waals surface area contributed by atoms with Gasteiger partial charge in [0.2, 0.25) is 5.91 Å². The van der Waals surface area contributed by atoms with Crippen LogP contribution in [-0.4, -0.2) is 15.7 Å². The van der Waals surface area contributed by atoms with E-state index in [0.29, 0.717) is 18.0 Å². The Morgan fingerprint density at radius 1 is 1.25 bits per heavy atom. The van der Waals surface area contributed by atoms with Gasteiger partial charge in [-0.15, -0.1) is 0 Å².